The molecule has 1 aliphatic carbocycles. The summed E-state index contributed by atoms with van der Waals surface area (Å²) in [6, 6.07) is 10.9. The Balaban J connectivity index is 1.66. The van der Waals surface area contributed by atoms with Crippen molar-refractivity contribution in [2.45, 2.75) is 38.5 Å². The molecule has 2 rings (SSSR count). The van der Waals surface area contributed by atoms with Gasteiger partial charge in [0.25, 0.3) is 0 Å². The summed E-state index contributed by atoms with van der Waals surface area (Å²) in [5.74, 6) is 1.73. The number of rotatable bonds is 6. The van der Waals surface area contributed by atoms with Crippen molar-refractivity contribution in [1.29, 1.82) is 0 Å². The lowest BCUT2D eigenvalue weighted by Gasteiger charge is -2.26. The topological polar surface area (TPSA) is 9.23 Å². The van der Waals surface area contributed by atoms with Gasteiger partial charge in [0.15, 0.2) is 0 Å². The second-order valence-electron chi connectivity index (χ2n) is 5.69. The van der Waals surface area contributed by atoms with Crippen molar-refractivity contribution >= 4 is 0 Å². The maximum absolute atomic E-state index is 5.05. The van der Waals surface area contributed by atoms with Gasteiger partial charge in [-0.15, -0.1) is 0 Å². The second-order valence-corrected chi connectivity index (χ2v) is 5.69. The van der Waals surface area contributed by atoms with Crippen molar-refractivity contribution in [1.82, 2.24) is 0 Å². The summed E-state index contributed by atoms with van der Waals surface area (Å²) in [4.78, 5) is 0. The van der Waals surface area contributed by atoms with Gasteiger partial charge in [0, 0.05) is 7.11 Å². The van der Waals surface area contributed by atoms with Crippen LogP contribution in [0.25, 0.3) is 0 Å². The van der Waals surface area contributed by atoms with Crippen LogP contribution in [0.5, 0.6) is 0 Å². The summed E-state index contributed by atoms with van der Waals surface area (Å²) < 4.78 is 5.05. The minimum Gasteiger partial charge on any atom is -0.381 e. The molecular formula is C18H26O. The number of aryl methyl sites for hydroxylation is 1. The number of allylic oxidation sites excluding steroid dienone is 1. The Kier molecular flexibility index (Phi) is 6.16. The molecule has 19 heavy (non-hydrogen) atoms. The van der Waals surface area contributed by atoms with Crippen LogP contribution in [0.4, 0.5) is 0 Å². The van der Waals surface area contributed by atoms with Crippen LogP contribution in [0.1, 0.15) is 37.7 Å². The first-order chi connectivity index (χ1) is 9.38. The van der Waals surface area contributed by atoms with E-state index in [0.717, 1.165) is 18.4 Å². The zero-order chi connectivity index (χ0) is 13.3. The van der Waals surface area contributed by atoms with E-state index in [4.69, 9.17) is 4.74 Å². The second kappa shape index (κ2) is 8.16. The highest BCUT2D eigenvalue weighted by atomic mass is 16.5. The van der Waals surface area contributed by atoms with Crippen molar-refractivity contribution in [3.05, 3.63) is 48.0 Å². The average Bonchev–Trinajstić information content (AvgIpc) is 2.48. The summed E-state index contributed by atoms with van der Waals surface area (Å²) in [5, 5.41) is 0. The molecule has 0 bridgehead atoms. The van der Waals surface area contributed by atoms with Gasteiger partial charge in [-0.3, -0.25) is 0 Å². The van der Waals surface area contributed by atoms with Crippen LogP contribution in [0.15, 0.2) is 42.5 Å². The van der Waals surface area contributed by atoms with Crippen molar-refractivity contribution in [2.75, 3.05) is 13.7 Å². The number of methoxy groups -OCH3 is 1. The molecule has 0 unspecified atom stereocenters. The van der Waals surface area contributed by atoms with E-state index >= 15 is 0 Å². The van der Waals surface area contributed by atoms with Crippen LogP contribution in [-0.2, 0) is 11.2 Å². The third kappa shape index (κ3) is 5.20. The Morgan fingerprint density at radius 2 is 1.84 bits per heavy atom. The first-order valence-corrected chi connectivity index (χ1v) is 7.58. The molecule has 1 saturated carbocycles. The van der Waals surface area contributed by atoms with E-state index in [9.17, 15) is 0 Å². The summed E-state index contributed by atoms with van der Waals surface area (Å²) in [6.07, 6.45) is 12.7. The van der Waals surface area contributed by atoms with Crippen LogP contribution in [-0.4, -0.2) is 13.7 Å². The molecule has 0 N–H and O–H groups in total. The Morgan fingerprint density at radius 1 is 1.11 bits per heavy atom. The van der Waals surface area contributed by atoms with E-state index in [1.807, 2.05) is 0 Å². The molecule has 0 aromatic heterocycles. The molecule has 0 spiro atoms. The van der Waals surface area contributed by atoms with Gasteiger partial charge >= 0.3 is 0 Å². The summed E-state index contributed by atoms with van der Waals surface area (Å²) in [7, 11) is 1.75. The largest absolute Gasteiger partial charge is 0.381 e. The Labute approximate surface area is 117 Å². The van der Waals surface area contributed by atoms with E-state index in [2.05, 4.69) is 42.5 Å². The molecule has 1 aromatic rings. The fourth-order valence-corrected chi connectivity index (χ4v) is 3.03. The highest BCUT2D eigenvalue weighted by Gasteiger charge is 2.19. The number of hydrogen-bond acceptors (Lipinski definition) is 1. The Morgan fingerprint density at radius 3 is 2.53 bits per heavy atom. The number of benzene rings is 1. The van der Waals surface area contributed by atoms with Gasteiger partial charge in [0.05, 0.1) is 6.61 Å². The maximum atomic E-state index is 5.05. The molecule has 0 saturated heterocycles. The minimum atomic E-state index is 0.758. The zero-order valence-electron chi connectivity index (χ0n) is 12.1. The highest BCUT2D eigenvalue weighted by molar-refractivity contribution is 5.14. The van der Waals surface area contributed by atoms with Crippen LogP contribution in [0, 0.1) is 11.8 Å². The van der Waals surface area contributed by atoms with E-state index < -0.39 is 0 Å². The average molecular weight is 258 g/mol. The normalized spacial score (nSPS) is 23.8. The Bertz CT molecular complexity index is 361. The highest BCUT2D eigenvalue weighted by Crippen LogP contribution is 2.32. The number of ether oxygens (including phenoxy) is 1. The van der Waals surface area contributed by atoms with Crippen LogP contribution < -0.4 is 0 Å². The lowest BCUT2D eigenvalue weighted by atomic mass is 9.79. The molecule has 0 atom stereocenters. The zero-order valence-corrected chi connectivity index (χ0v) is 12.1. The van der Waals surface area contributed by atoms with E-state index in [-0.39, 0.29) is 0 Å². The van der Waals surface area contributed by atoms with Gasteiger partial charge in [-0.1, -0.05) is 42.5 Å². The van der Waals surface area contributed by atoms with E-state index in [1.165, 1.54) is 44.1 Å². The smallest absolute Gasteiger partial charge is 0.0643 e. The van der Waals surface area contributed by atoms with E-state index in [0.29, 0.717) is 0 Å². The molecule has 1 fully saturated rings. The van der Waals surface area contributed by atoms with Gasteiger partial charge in [0.2, 0.25) is 0 Å². The molecule has 104 valence electrons. The van der Waals surface area contributed by atoms with E-state index in [1.54, 1.807) is 7.11 Å². The minimum absolute atomic E-state index is 0.758. The van der Waals surface area contributed by atoms with Gasteiger partial charge in [-0.25, -0.2) is 0 Å². The standard InChI is InChI=1S/C18H26O/c1-19-15-5-8-17-10-13-18(14-11-17)12-9-16-6-3-2-4-7-16/h2-8,17-18H,9-15H2,1H3/t17-,18-. The molecular weight excluding hydrogens is 232 g/mol. The molecule has 1 heteroatoms. The predicted molar refractivity (Wildman–Crippen MR) is 81.2 cm³/mol. The summed E-state index contributed by atoms with van der Waals surface area (Å²) in [5.41, 5.74) is 1.49. The first kappa shape index (κ1) is 14.3. The number of hydrogen-bond donors (Lipinski definition) is 0. The first-order valence-electron chi connectivity index (χ1n) is 7.58. The summed E-state index contributed by atoms with van der Waals surface area (Å²) >= 11 is 0. The molecule has 0 radical (unpaired) electrons. The van der Waals surface area contributed by atoms with Crippen LogP contribution in [0.3, 0.4) is 0 Å². The lowest BCUT2D eigenvalue weighted by Crippen LogP contribution is -2.13. The van der Waals surface area contributed by atoms with Crippen LogP contribution in [0.2, 0.25) is 0 Å². The third-order valence-corrected chi connectivity index (χ3v) is 4.25. The predicted octanol–water partition coefficient (Wildman–Crippen LogP) is 4.63. The monoisotopic (exact) mass is 258 g/mol. The van der Waals surface area contributed by atoms with Gasteiger partial charge < -0.3 is 4.74 Å². The quantitative estimate of drug-likeness (QED) is 0.676. The van der Waals surface area contributed by atoms with Gasteiger partial charge in [0.1, 0.15) is 0 Å². The Hall–Kier alpha value is -1.08. The van der Waals surface area contributed by atoms with Crippen LogP contribution >= 0.6 is 0 Å². The molecule has 1 aromatic carbocycles. The summed E-state index contributed by atoms with van der Waals surface area (Å²) in [6.45, 7) is 0.758. The lowest BCUT2D eigenvalue weighted by molar-refractivity contribution is 0.232. The van der Waals surface area contributed by atoms with Crippen molar-refractivity contribution in [3.8, 4) is 0 Å². The molecule has 0 amide bonds. The van der Waals surface area contributed by atoms with Gasteiger partial charge in [-0.05, 0) is 55.9 Å². The van der Waals surface area contributed by atoms with Crippen molar-refractivity contribution in [3.63, 3.8) is 0 Å². The maximum Gasteiger partial charge on any atom is 0.0643 e. The molecule has 1 nitrogen and oxygen atoms in total. The van der Waals surface area contributed by atoms with Crippen molar-refractivity contribution < 1.29 is 4.74 Å². The fourth-order valence-electron chi connectivity index (χ4n) is 3.03. The SMILES string of the molecule is COCC=C[C@H]1CC[C@H](CCc2ccccc2)CC1. The molecule has 0 aliphatic heterocycles. The fraction of sp³-hybridized carbons (Fsp3) is 0.556. The molecule has 0 heterocycles. The van der Waals surface area contributed by atoms with Gasteiger partial charge in [-0.2, -0.15) is 0 Å². The third-order valence-electron chi connectivity index (χ3n) is 4.25. The van der Waals surface area contributed by atoms with Crippen molar-refractivity contribution in [2.24, 2.45) is 11.8 Å². The molecule has 1 aliphatic rings.